The fourth-order valence-corrected chi connectivity index (χ4v) is 3.89. The molecule has 1 aliphatic heterocycles. The maximum atomic E-state index is 12.3. The van der Waals surface area contributed by atoms with E-state index in [1.165, 1.54) is 6.42 Å². The van der Waals surface area contributed by atoms with Gasteiger partial charge < -0.3 is 4.74 Å². The van der Waals surface area contributed by atoms with Gasteiger partial charge in [0.15, 0.2) is 0 Å². The van der Waals surface area contributed by atoms with E-state index >= 15 is 0 Å². The Morgan fingerprint density at radius 3 is 2.58 bits per heavy atom. The summed E-state index contributed by atoms with van der Waals surface area (Å²) in [4.78, 5) is 14.8. The van der Waals surface area contributed by atoms with Crippen LogP contribution in [0.1, 0.15) is 46.5 Å². The van der Waals surface area contributed by atoms with Crippen LogP contribution in [0.3, 0.4) is 0 Å². The van der Waals surface area contributed by atoms with Crippen molar-refractivity contribution < 1.29 is 9.53 Å². The van der Waals surface area contributed by atoms with E-state index in [0.717, 1.165) is 32.4 Å². The molecule has 0 radical (unpaired) electrons. The van der Waals surface area contributed by atoms with Gasteiger partial charge in [0.25, 0.3) is 0 Å². The van der Waals surface area contributed by atoms with Crippen molar-refractivity contribution in [1.82, 2.24) is 4.90 Å². The summed E-state index contributed by atoms with van der Waals surface area (Å²) >= 11 is 0. The fraction of sp³-hybridized carbons (Fsp3) is 0.938. The molecule has 19 heavy (non-hydrogen) atoms. The number of likely N-dealkylation sites (tertiary alicyclic amines) is 1. The summed E-state index contributed by atoms with van der Waals surface area (Å²) in [7, 11) is 1.81. The molecule has 2 rings (SSSR count). The van der Waals surface area contributed by atoms with E-state index in [4.69, 9.17) is 4.74 Å². The second-order valence-corrected chi connectivity index (χ2v) is 6.82. The standard InChI is InChI=1S/C16H29NO2/c1-11-7-12(2)15(16(18)8-11)10-17-6-5-14(19-4)9-13(17)3/h11-15H,5-10H2,1-4H3. The molecule has 3 heteroatoms. The van der Waals surface area contributed by atoms with E-state index in [0.29, 0.717) is 29.8 Å². The Kier molecular flexibility index (Phi) is 5.02. The highest BCUT2D eigenvalue weighted by Gasteiger charge is 2.35. The summed E-state index contributed by atoms with van der Waals surface area (Å²) in [6.45, 7) is 8.77. The number of ether oxygens (including phenoxy) is 1. The number of hydrogen-bond acceptors (Lipinski definition) is 3. The molecule has 1 saturated heterocycles. The van der Waals surface area contributed by atoms with Gasteiger partial charge in [-0.25, -0.2) is 0 Å². The van der Waals surface area contributed by atoms with Crippen LogP contribution in [0.15, 0.2) is 0 Å². The molecule has 0 spiro atoms. The average molecular weight is 267 g/mol. The lowest BCUT2D eigenvalue weighted by molar-refractivity contribution is -0.129. The third kappa shape index (κ3) is 3.57. The number of methoxy groups -OCH3 is 1. The van der Waals surface area contributed by atoms with Gasteiger partial charge in [-0.1, -0.05) is 13.8 Å². The number of nitrogens with zero attached hydrogens (tertiary/aromatic N) is 1. The molecule has 1 aliphatic carbocycles. The van der Waals surface area contributed by atoms with Crippen LogP contribution in [0.2, 0.25) is 0 Å². The number of piperidine rings is 1. The highest BCUT2D eigenvalue weighted by atomic mass is 16.5. The maximum Gasteiger partial charge on any atom is 0.137 e. The van der Waals surface area contributed by atoms with Crippen molar-refractivity contribution in [3.8, 4) is 0 Å². The molecule has 1 saturated carbocycles. The zero-order valence-corrected chi connectivity index (χ0v) is 12.9. The van der Waals surface area contributed by atoms with E-state index < -0.39 is 0 Å². The molecule has 0 amide bonds. The molecule has 5 atom stereocenters. The predicted octanol–water partition coefficient (Wildman–Crippen LogP) is 2.74. The quantitative estimate of drug-likeness (QED) is 0.787. The number of hydrogen-bond donors (Lipinski definition) is 0. The molecule has 2 aliphatic rings. The molecule has 0 aromatic heterocycles. The van der Waals surface area contributed by atoms with Gasteiger partial charge in [0.2, 0.25) is 0 Å². The third-order valence-corrected chi connectivity index (χ3v) is 5.15. The van der Waals surface area contributed by atoms with Crippen LogP contribution >= 0.6 is 0 Å². The van der Waals surface area contributed by atoms with Crippen molar-refractivity contribution in [3.63, 3.8) is 0 Å². The van der Waals surface area contributed by atoms with Crippen LogP contribution in [0.25, 0.3) is 0 Å². The molecule has 0 aromatic rings. The minimum Gasteiger partial charge on any atom is -0.381 e. The molecule has 5 unspecified atom stereocenters. The van der Waals surface area contributed by atoms with E-state index in [1.807, 2.05) is 0 Å². The van der Waals surface area contributed by atoms with Crippen LogP contribution < -0.4 is 0 Å². The minimum absolute atomic E-state index is 0.262. The highest BCUT2D eigenvalue weighted by Crippen LogP contribution is 2.32. The molecule has 1 heterocycles. The first-order valence-electron chi connectivity index (χ1n) is 7.80. The highest BCUT2D eigenvalue weighted by molar-refractivity contribution is 5.82. The topological polar surface area (TPSA) is 29.5 Å². The Hall–Kier alpha value is -0.410. The lowest BCUT2D eigenvalue weighted by Crippen LogP contribution is -2.48. The normalized spacial score (nSPS) is 41.5. The first-order valence-corrected chi connectivity index (χ1v) is 7.80. The van der Waals surface area contributed by atoms with Crippen LogP contribution in [-0.4, -0.2) is 43.0 Å². The van der Waals surface area contributed by atoms with Gasteiger partial charge in [-0.2, -0.15) is 0 Å². The zero-order chi connectivity index (χ0) is 14.0. The fourth-order valence-electron chi connectivity index (χ4n) is 3.89. The summed E-state index contributed by atoms with van der Waals surface area (Å²) in [6, 6.07) is 0.540. The molecule has 0 N–H and O–H groups in total. The molecule has 3 nitrogen and oxygen atoms in total. The van der Waals surface area contributed by atoms with Gasteiger partial charge in [-0.05, 0) is 38.0 Å². The Bertz CT molecular complexity index is 318. The largest absolute Gasteiger partial charge is 0.381 e. The van der Waals surface area contributed by atoms with Gasteiger partial charge >= 0.3 is 0 Å². The monoisotopic (exact) mass is 267 g/mol. The lowest BCUT2D eigenvalue weighted by Gasteiger charge is -2.41. The molecule has 0 aromatic carbocycles. The predicted molar refractivity (Wildman–Crippen MR) is 77.1 cm³/mol. The van der Waals surface area contributed by atoms with E-state index in [9.17, 15) is 4.79 Å². The number of rotatable bonds is 3. The zero-order valence-electron chi connectivity index (χ0n) is 12.9. The molecular weight excluding hydrogens is 238 g/mol. The van der Waals surface area contributed by atoms with Crippen molar-refractivity contribution in [2.24, 2.45) is 17.8 Å². The Labute approximate surface area is 117 Å². The van der Waals surface area contributed by atoms with Crippen molar-refractivity contribution in [2.45, 2.75) is 58.6 Å². The van der Waals surface area contributed by atoms with E-state index in [1.54, 1.807) is 7.11 Å². The minimum atomic E-state index is 0.262. The van der Waals surface area contributed by atoms with Crippen molar-refractivity contribution in [1.29, 1.82) is 0 Å². The van der Waals surface area contributed by atoms with Crippen molar-refractivity contribution >= 4 is 5.78 Å². The van der Waals surface area contributed by atoms with Crippen LogP contribution in [0.5, 0.6) is 0 Å². The van der Waals surface area contributed by atoms with Crippen LogP contribution in [0.4, 0.5) is 0 Å². The van der Waals surface area contributed by atoms with Gasteiger partial charge in [0, 0.05) is 38.6 Å². The Morgan fingerprint density at radius 2 is 2.00 bits per heavy atom. The van der Waals surface area contributed by atoms with Gasteiger partial charge in [0.05, 0.1) is 6.10 Å². The molecule has 0 bridgehead atoms. The Morgan fingerprint density at radius 1 is 1.26 bits per heavy atom. The SMILES string of the molecule is COC1CCN(CC2C(=O)CC(C)CC2C)C(C)C1. The Balaban J connectivity index is 1.92. The van der Waals surface area contributed by atoms with E-state index in [-0.39, 0.29) is 5.92 Å². The smallest absolute Gasteiger partial charge is 0.137 e. The average Bonchev–Trinajstić information content (AvgIpc) is 2.35. The lowest BCUT2D eigenvalue weighted by atomic mass is 9.74. The first-order chi connectivity index (χ1) is 9.01. The van der Waals surface area contributed by atoms with Gasteiger partial charge in [0.1, 0.15) is 5.78 Å². The second-order valence-electron chi connectivity index (χ2n) is 6.82. The number of Topliss-reactive ketones (excluding diaryl/α,β-unsaturated/α-hetero) is 1. The van der Waals surface area contributed by atoms with E-state index in [2.05, 4.69) is 25.7 Å². The van der Waals surface area contributed by atoms with Crippen LogP contribution in [0, 0.1) is 17.8 Å². The summed E-state index contributed by atoms with van der Waals surface area (Å²) in [5.74, 6) is 1.88. The molecule has 2 fully saturated rings. The van der Waals surface area contributed by atoms with Gasteiger partial charge in [-0.15, -0.1) is 0 Å². The van der Waals surface area contributed by atoms with Gasteiger partial charge in [-0.3, -0.25) is 9.69 Å². The third-order valence-electron chi connectivity index (χ3n) is 5.15. The summed E-state index contributed by atoms with van der Waals surface area (Å²) < 4.78 is 5.46. The van der Waals surface area contributed by atoms with Crippen LogP contribution in [-0.2, 0) is 9.53 Å². The summed E-state index contributed by atoms with van der Waals surface area (Å²) in [5, 5.41) is 0. The number of carbonyl (C=O) groups excluding carboxylic acids is 1. The molecular formula is C16H29NO2. The summed E-state index contributed by atoms with van der Waals surface area (Å²) in [5.41, 5.74) is 0. The van der Waals surface area contributed by atoms with Crippen molar-refractivity contribution in [3.05, 3.63) is 0 Å². The second kappa shape index (κ2) is 6.36. The maximum absolute atomic E-state index is 12.3. The number of ketones is 1. The molecule has 110 valence electrons. The van der Waals surface area contributed by atoms with Crippen molar-refractivity contribution in [2.75, 3.05) is 20.2 Å². The number of carbonyl (C=O) groups is 1. The summed E-state index contributed by atoms with van der Waals surface area (Å²) in [6.07, 6.45) is 4.61. The first kappa shape index (κ1) is 15.0.